The number of hydrogen-bond acceptors (Lipinski definition) is 2. The van der Waals surface area contributed by atoms with Crippen molar-refractivity contribution in [2.24, 2.45) is 0 Å². The van der Waals surface area contributed by atoms with Gasteiger partial charge in [-0.15, -0.1) is 0 Å². The second-order valence-electron chi connectivity index (χ2n) is 3.85. The van der Waals surface area contributed by atoms with E-state index in [2.05, 4.69) is 5.32 Å². The van der Waals surface area contributed by atoms with E-state index < -0.39 is 5.97 Å². The third kappa shape index (κ3) is 4.22. The molecule has 1 aromatic carbocycles. The maximum Gasteiger partial charge on any atom is 0.307 e. The number of benzene rings is 1. The molecule has 5 heteroatoms. The minimum absolute atomic E-state index is 0.0541. The molecule has 0 saturated carbocycles. The summed E-state index contributed by atoms with van der Waals surface area (Å²) < 4.78 is 0. The Morgan fingerprint density at radius 2 is 2.11 bits per heavy atom. The minimum Gasteiger partial charge on any atom is -0.481 e. The highest BCUT2D eigenvalue weighted by Crippen LogP contribution is 2.25. The van der Waals surface area contributed by atoms with Gasteiger partial charge in [-0.05, 0) is 30.2 Å². The number of nitrogens with one attached hydrogen (secondary N) is 1. The van der Waals surface area contributed by atoms with Crippen LogP contribution in [0.2, 0.25) is 5.02 Å². The summed E-state index contributed by atoms with van der Waals surface area (Å²) in [6.07, 6.45) is 3.17. The van der Waals surface area contributed by atoms with Crippen LogP contribution in [0.4, 0.5) is 5.69 Å². The molecular formula is C13H14ClNO3. The Morgan fingerprint density at radius 3 is 2.67 bits per heavy atom. The molecule has 1 aromatic rings. The van der Waals surface area contributed by atoms with Gasteiger partial charge in [-0.3, -0.25) is 9.59 Å². The van der Waals surface area contributed by atoms with E-state index in [0.717, 1.165) is 11.1 Å². The summed E-state index contributed by atoms with van der Waals surface area (Å²) in [7, 11) is 0. The molecule has 0 radical (unpaired) electrons. The Hall–Kier alpha value is -1.81. The molecule has 96 valence electrons. The Kier molecular flexibility index (Phi) is 4.92. The third-order valence-electron chi connectivity index (χ3n) is 2.29. The quantitative estimate of drug-likeness (QED) is 0.881. The van der Waals surface area contributed by atoms with Crippen molar-refractivity contribution in [1.82, 2.24) is 0 Å². The summed E-state index contributed by atoms with van der Waals surface area (Å²) >= 11 is 6.04. The minimum atomic E-state index is -0.895. The van der Waals surface area contributed by atoms with Crippen LogP contribution in [0, 0.1) is 6.92 Å². The zero-order valence-electron chi connectivity index (χ0n) is 10.2. The van der Waals surface area contributed by atoms with Crippen molar-refractivity contribution in [2.75, 3.05) is 5.32 Å². The first-order valence-electron chi connectivity index (χ1n) is 5.36. The first-order valence-corrected chi connectivity index (χ1v) is 5.74. The lowest BCUT2D eigenvalue weighted by Gasteiger charge is -2.08. The van der Waals surface area contributed by atoms with Gasteiger partial charge in [0.25, 0.3) is 0 Å². The molecule has 0 bridgehead atoms. The Morgan fingerprint density at radius 1 is 1.44 bits per heavy atom. The summed E-state index contributed by atoms with van der Waals surface area (Å²) in [6.45, 7) is 3.24. The van der Waals surface area contributed by atoms with Crippen molar-refractivity contribution in [3.05, 3.63) is 34.4 Å². The molecule has 0 aliphatic heterocycles. The lowest BCUT2D eigenvalue weighted by molar-refractivity contribution is -0.136. The number of carboxylic acid groups (broad SMARTS) is 1. The van der Waals surface area contributed by atoms with E-state index in [1.165, 1.54) is 6.92 Å². The maximum atomic E-state index is 11.0. The van der Waals surface area contributed by atoms with Gasteiger partial charge < -0.3 is 10.4 Å². The average Bonchev–Trinajstić information content (AvgIpc) is 2.23. The van der Waals surface area contributed by atoms with E-state index in [-0.39, 0.29) is 12.3 Å². The number of carboxylic acids is 1. The fourth-order valence-electron chi connectivity index (χ4n) is 1.44. The molecule has 0 unspecified atom stereocenters. The zero-order chi connectivity index (χ0) is 13.7. The summed E-state index contributed by atoms with van der Waals surface area (Å²) in [5, 5.41) is 11.7. The molecule has 0 saturated heterocycles. The SMILES string of the molecule is CC(=O)Nc1cc(Cl)c(C)c(C=CCC(=O)O)c1. The van der Waals surface area contributed by atoms with Gasteiger partial charge >= 0.3 is 5.97 Å². The number of amides is 1. The van der Waals surface area contributed by atoms with E-state index >= 15 is 0 Å². The molecule has 0 atom stereocenters. The van der Waals surface area contributed by atoms with Crippen LogP contribution in [0.5, 0.6) is 0 Å². The number of halogens is 1. The molecule has 0 aromatic heterocycles. The zero-order valence-corrected chi connectivity index (χ0v) is 10.9. The predicted octanol–water partition coefficient (Wildman–Crippen LogP) is 3.09. The molecule has 0 heterocycles. The molecule has 1 amide bonds. The number of rotatable bonds is 4. The predicted molar refractivity (Wildman–Crippen MR) is 71.8 cm³/mol. The van der Waals surface area contributed by atoms with Crippen molar-refractivity contribution in [2.45, 2.75) is 20.3 Å². The Labute approximate surface area is 110 Å². The van der Waals surface area contributed by atoms with E-state index in [1.54, 1.807) is 24.3 Å². The largest absolute Gasteiger partial charge is 0.481 e. The van der Waals surface area contributed by atoms with E-state index in [4.69, 9.17) is 16.7 Å². The number of carbonyl (C=O) groups excluding carboxylic acids is 1. The molecular weight excluding hydrogens is 254 g/mol. The normalized spacial score (nSPS) is 10.6. The molecule has 0 spiro atoms. The highest BCUT2D eigenvalue weighted by Gasteiger charge is 2.05. The van der Waals surface area contributed by atoms with Crippen LogP contribution in [-0.4, -0.2) is 17.0 Å². The monoisotopic (exact) mass is 267 g/mol. The highest BCUT2D eigenvalue weighted by molar-refractivity contribution is 6.32. The number of carbonyl (C=O) groups is 2. The van der Waals surface area contributed by atoms with Crippen molar-refractivity contribution >= 4 is 35.2 Å². The van der Waals surface area contributed by atoms with Gasteiger partial charge in [0.05, 0.1) is 6.42 Å². The van der Waals surface area contributed by atoms with Gasteiger partial charge in [0.2, 0.25) is 5.91 Å². The van der Waals surface area contributed by atoms with Crippen LogP contribution in [0.1, 0.15) is 24.5 Å². The molecule has 0 aliphatic carbocycles. The summed E-state index contributed by atoms with van der Waals surface area (Å²) in [5.74, 6) is -1.08. The van der Waals surface area contributed by atoms with E-state index in [0.29, 0.717) is 10.7 Å². The molecule has 0 aliphatic rings. The van der Waals surface area contributed by atoms with Crippen molar-refractivity contribution < 1.29 is 14.7 Å². The second-order valence-corrected chi connectivity index (χ2v) is 4.26. The topological polar surface area (TPSA) is 66.4 Å². The summed E-state index contributed by atoms with van der Waals surface area (Å²) in [4.78, 5) is 21.4. The van der Waals surface area contributed by atoms with Crippen molar-refractivity contribution in [3.63, 3.8) is 0 Å². The van der Waals surface area contributed by atoms with Crippen LogP contribution in [0.15, 0.2) is 18.2 Å². The Bertz CT molecular complexity index is 509. The molecule has 4 nitrogen and oxygen atoms in total. The van der Waals surface area contributed by atoms with Crippen LogP contribution in [0.25, 0.3) is 6.08 Å². The molecule has 1 rings (SSSR count). The average molecular weight is 268 g/mol. The van der Waals surface area contributed by atoms with Gasteiger partial charge in [0.15, 0.2) is 0 Å². The maximum absolute atomic E-state index is 11.0. The molecule has 2 N–H and O–H groups in total. The fourth-order valence-corrected chi connectivity index (χ4v) is 1.66. The first-order chi connectivity index (χ1) is 8.40. The molecule has 0 fully saturated rings. The number of hydrogen-bond donors (Lipinski definition) is 2. The summed E-state index contributed by atoms with van der Waals surface area (Å²) in [6, 6.07) is 3.41. The third-order valence-corrected chi connectivity index (χ3v) is 2.69. The van der Waals surface area contributed by atoms with Gasteiger partial charge in [-0.25, -0.2) is 0 Å². The van der Waals surface area contributed by atoms with E-state index in [9.17, 15) is 9.59 Å². The van der Waals surface area contributed by atoms with Crippen LogP contribution < -0.4 is 5.32 Å². The number of aliphatic carboxylic acids is 1. The van der Waals surface area contributed by atoms with Crippen LogP contribution in [-0.2, 0) is 9.59 Å². The first kappa shape index (κ1) is 14.3. The second kappa shape index (κ2) is 6.21. The van der Waals surface area contributed by atoms with Crippen LogP contribution in [0.3, 0.4) is 0 Å². The fraction of sp³-hybridized carbons (Fsp3) is 0.231. The van der Waals surface area contributed by atoms with Gasteiger partial charge in [0, 0.05) is 17.6 Å². The van der Waals surface area contributed by atoms with Gasteiger partial charge in [0.1, 0.15) is 0 Å². The number of anilines is 1. The van der Waals surface area contributed by atoms with Gasteiger partial charge in [-0.1, -0.05) is 23.8 Å². The summed E-state index contributed by atoms with van der Waals surface area (Å²) in [5.41, 5.74) is 2.22. The Balaban J connectivity index is 3.02. The molecule has 18 heavy (non-hydrogen) atoms. The lowest BCUT2D eigenvalue weighted by atomic mass is 10.1. The standard InChI is InChI=1S/C13H14ClNO3/c1-8-10(4-3-5-13(17)18)6-11(7-12(8)14)15-9(2)16/h3-4,6-7H,5H2,1-2H3,(H,15,16)(H,17,18). The lowest BCUT2D eigenvalue weighted by Crippen LogP contribution is -2.06. The van der Waals surface area contributed by atoms with Crippen molar-refractivity contribution in [3.8, 4) is 0 Å². The van der Waals surface area contributed by atoms with Crippen LogP contribution >= 0.6 is 11.6 Å². The van der Waals surface area contributed by atoms with E-state index in [1.807, 2.05) is 6.92 Å². The van der Waals surface area contributed by atoms with Gasteiger partial charge in [-0.2, -0.15) is 0 Å². The van der Waals surface area contributed by atoms with Crippen molar-refractivity contribution in [1.29, 1.82) is 0 Å². The highest BCUT2D eigenvalue weighted by atomic mass is 35.5. The smallest absolute Gasteiger partial charge is 0.307 e.